The molecule has 6 nitrogen and oxygen atoms in total. The molecular formula is C20H26IN3O3. The molecule has 27 heavy (non-hydrogen) atoms. The minimum atomic E-state index is 0. The monoisotopic (exact) mass is 483 g/mol. The number of guanidine groups is 1. The Morgan fingerprint density at radius 2 is 1.85 bits per heavy atom. The van der Waals surface area contributed by atoms with Gasteiger partial charge in [-0.1, -0.05) is 23.8 Å². The lowest BCUT2D eigenvalue weighted by atomic mass is 10.2. The number of fused-ring (bicyclic) bond motifs is 1. The molecule has 0 atom stereocenters. The highest BCUT2D eigenvalue weighted by atomic mass is 127. The molecule has 0 amide bonds. The van der Waals surface area contributed by atoms with Crippen LogP contribution in [0.4, 0.5) is 0 Å². The van der Waals surface area contributed by atoms with E-state index < -0.39 is 0 Å². The highest BCUT2D eigenvalue weighted by Gasteiger charge is 2.13. The quantitative estimate of drug-likeness (QED) is 0.273. The molecule has 0 radical (unpaired) electrons. The Labute approximate surface area is 177 Å². The lowest BCUT2D eigenvalue weighted by molar-refractivity contribution is 0.174. The highest BCUT2D eigenvalue weighted by Crippen LogP contribution is 2.32. The van der Waals surface area contributed by atoms with Crippen LogP contribution in [0.1, 0.15) is 17.5 Å². The van der Waals surface area contributed by atoms with Crippen molar-refractivity contribution in [2.24, 2.45) is 4.99 Å². The van der Waals surface area contributed by atoms with Gasteiger partial charge in [-0.2, -0.15) is 0 Å². The van der Waals surface area contributed by atoms with Crippen molar-refractivity contribution in [3.8, 4) is 17.2 Å². The molecular weight excluding hydrogens is 457 g/mol. The zero-order valence-corrected chi connectivity index (χ0v) is 18.0. The SMILES string of the molecule is CN=C(NCCCOc1ccc(C)cc1)NCc1ccc2c(c1)OCO2.I. The summed E-state index contributed by atoms with van der Waals surface area (Å²) in [5, 5.41) is 6.58. The summed E-state index contributed by atoms with van der Waals surface area (Å²) in [5.41, 5.74) is 2.34. The molecule has 0 unspecified atom stereocenters. The Kier molecular flexibility index (Phi) is 8.50. The number of nitrogens with zero attached hydrogens (tertiary/aromatic N) is 1. The van der Waals surface area contributed by atoms with Crippen molar-refractivity contribution in [3.05, 3.63) is 53.6 Å². The molecule has 0 saturated heterocycles. The van der Waals surface area contributed by atoms with Crippen LogP contribution in [0.25, 0.3) is 0 Å². The average molecular weight is 483 g/mol. The largest absolute Gasteiger partial charge is 0.494 e. The number of aryl methyl sites for hydroxylation is 1. The Hall–Kier alpha value is -2.16. The molecule has 7 heteroatoms. The molecule has 146 valence electrons. The van der Waals surface area contributed by atoms with E-state index in [-0.39, 0.29) is 24.0 Å². The summed E-state index contributed by atoms with van der Waals surface area (Å²) >= 11 is 0. The Morgan fingerprint density at radius 1 is 1.07 bits per heavy atom. The Bertz CT molecular complexity index is 751. The predicted molar refractivity (Wildman–Crippen MR) is 117 cm³/mol. The van der Waals surface area contributed by atoms with Crippen molar-refractivity contribution >= 4 is 29.9 Å². The van der Waals surface area contributed by atoms with Gasteiger partial charge in [0.25, 0.3) is 0 Å². The third-order valence-corrected chi connectivity index (χ3v) is 4.02. The molecule has 0 aromatic heterocycles. The van der Waals surface area contributed by atoms with Crippen LogP contribution in [0.15, 0.2) is 47.5 Å². The van der Waals surface area contributed by atoms with Crippen molar-refractivity contribution < 1.29 is 14.2 Å². The number of hydrogen-bond acceptors (Lipinski definition) is 4. The van der Waals surface area contributed by atoms with Crippen molar-refractivity contribution in [1.29, 1.82) is 0 Å². The summed E-state index contributed by atoms with van der Waals surface area (Å²) in [5.74, 6) is 3.25. The van der Waals surface area contributed by atoms with E-state index in [1.165, 1.54) is 5.56 Å². The molecule has 0 saturated carbocycles. The molecule has 0 aliphatic carbocycles. The van der Waals surface area contributed by atoms with Crippen molar-refractivity contribution in [2.45, 2.75) is 19.9 Å². The summed E-state index contributed by atoms with van der Waals surface area (Å²) in [6.45, 7) is 4.47. The fourth-order valence-corrected chi connectivity index (χ4v) is 2.56. The van der Waals surface area contributed by atoms with Crippen LogP contribution in [0.5, 0.6) is 17.2 Å². The van der Waals surface area contributed by atoms with Gasteiger partial charge in [-0.15, -0.1) is 24.0 Å². The molecule has 0 fully saturated rings. The summed E-state index contributed by atoms with van der Waals surface area (Å²) < 4.78 is 16.4. The predicted octanol–water partition coefficient (Wildman–Crippen LogP) is 3.48. The van der Waals surface area contributed by atoms with Crippen molar-refractivity contribution in [1.82, 2.24) is 10.6 Å². The number of halogens is 1. The van der Waals surface area contributed by atoms with Gasteiger partial charge in [-0.25, -0.2) is 0 Å². The van der Waals surface area contributed by atoms with Crippen LogP contribution in [-0.4, -0.2) is 33.0 Å². The zero-order chi connectivity index (χ0) is 18.2. The lowest BCUT2D eigenvalue weighted by Crippen LogP contribution is -2.37. The zero-order valence-electron chi connectivity index (χ0n) is 15.7. The van der Waals surface area contributed by atoms with E-state index in [0.29, 0.717) is 19.9 Å². The fraction of sp³-hybridized carbons (Fsp3) is 0.350. The maximum atomic E-state index is 5.72. The molecule has 2 aromatic carbocycles. The molecule has 0 spiro atoms. The normalized spacial score (nSPS) is 12.3. The number of benzene rings is 2. The molecule has 2 N–H and O–H groups in total. The topological polar surface area (TPSA) is 64.1 Å². The number of ether oxygens (including phenoxy) is 3. The van der Waals surface area contributed by atoms with Gasteiger partial charge >= 0.3 is 0 Å². The molecule has 3 rings (SSSR count). The van der Waals surface area contributed by atoms with E-state index in [2.05, 4.69) is 34.7 Å². The van der Waals surface area contributed by atoms with E-state index >= 15 is 0 Å². The minimum Gasteiger partial charge on any atom is -0.494 e. The number of aliphatic imine (C=N–C) groups is 1. The van der Waals surface area contributed by atoms with Crippen LogP contribution < -0.4 is 24.8 Å². The smallest absolute Gasteiger partial charge is 0.231 e. The molecule has 2 aromatic rings. The third-order valence-electron chi connectivity index (χ3n) is 4.02. The van der Waals surface area contributed by atoms with Gasteiger partial charge in [0, 0.05) is 20.1 Å². The van der Waals surface area contributed by atoms with Gasteiger partial charge in [-0.3, -0.25) is 4.99 Å². The average Bonchev–Trinajstić information content (AvgIpc) is 3.13. The lowest BCUT2D eigenvalue weighted by Gasteiger charge is -2.12. The van der Waals surface area contributed by atoms with Crippen LogP contribution >= 0.6 is 24.0 Å². The molecule has 1 heterocycles. The van der Waals surface area contributed by atoms with E-state index in [9.17, 15) is 0 Å². The fourth-order valence-electron chi connectivity index (χ4n) is 2.56. The first-order chi connectivity index (χ1) is 12.7. The Morgan fingerprint density at radius 3 is 2.63 bits per heavy atom. The van der Waals surface area contributed by atoms with Gasteiger partial charge in [-0.05, 0) is 43.2 Å². The van der Waals surface area contributed by atoms with Crippen LogP contribution in [-0.2, 0) is 6.54 Å². The minimum absolute atomic E-state index is 0. The van der Waals surface area contributed by atoms with Crippen LogP contribution in [0, 0.1) is 6.92 Å². The number of hydrogen-bond donors (Lipinski definition) is 2. The van der Waals surface area contributed by atoms with E-state index in [1.807, 2.05) is 30.3 Å². The first kappa shape index (κ1) is 21.1. The van der Waals surface area contributed by atoms with Gasteiger partial charge in [0.15, 0.2) is 17.5 Å². The van der Waals surface area contributed by atoms with E-state index in [0.717, 1.165) is 41.7 Å². The van der Waals surface area contributed by atoms with Gasteiger partial charge in [0.05, 0.1) is 6.61 Å². The molecule has 0 bridgehead atoms. The van der Waals surface area contributed by atoms with Gasteiger partial charge in [0.1, 0.15) is 5.75 Å². The number of rotatable bonds is 7. The summed E-state index contributed by atoms with van der Waals surface area (Å²) in [6, 6.07) is 14.0. The van der Waals surface area contributed by atoms with E-state index in [1.54, 1.807) is 7.05 Å². The molecule has 1 aliphatic rings. The van der Waals surface area contributed by atoms with Crippen LogP contribution in [0.3, 0.4) is 0 Å². The summed E-state index contributed by atoms with van der Waals surface area (Å²) in [4.78, 5) is 4.24. The summed E-state index contributed by atoms with van der Waals surface area (Å²) in [7, 11) is 1.76. The van der Waals surface area contributed by atoms with Gasteiger partial charge in [0.2, 0.25) is 6.79 Å². The Balaban J connectivity index is 0.00000261. The maximum absolute atomic E-state index is 5.72. The first-order valence-electron chi connectivity index (χ1n) is 8.77. The number of nitrogens with one attached hydrogen (secondary N) is 2. The summed E-state index contributed by atoms with van der Waals surface area (Å²) in [6.07, 6.45) is 0.888. The highest BCUT2D eigenvalue weighted by molar-refractivity contribution is 14.0. The van der Waals surface area contributed by atoms with E-state index in [4.69, 9.17) is 14.2 Å². The van der Waals surface area contributed by atoms with Crippen molar-refractivity contribution in [2.75, 3.05) is 27.0 Å². The van der Waals surface area contributed by atoms with Crippen LogP contribution in [0.2, 0.25) is 0 Å². The standard InChI is InChI=1S/C20H25N3O3.HI/c1-15-4-7-17(8-5-15)24-11-3-10-22-20(21-2)23-13-16-6-9-18-19(12-16)26-14-25-18;/h4-9,12H,3,10-11,13-14H2,1-2H3,(H2,21,22,23);1H. The molecule has 1 aliphatic heterocycles. The second-order valence-electron chi connectivity index (χ2n) is 6.06. The second kappa shape index (κ2) is 10.9. The van der Waals surface area contributed by atoms with Gasteiger partial charge < -0.3 is 24.8 Å². The van der Waals surface area contributed by atoms with Crippen molar-refractivity contribution in [3.63, 3.8) is 0 Å². The maximum Gasteiger partial charge on any atom is 0.231 e. The third kappa shape index (κ3) is 6.50. The second-order valence-corrected chi connectivity index (χ2v) is 6.06. The first-order valence-corrected chi connectivity index (χ1v) is 8.77.